The molecule has 6 heteroatoms. The molecule has 0 radical (unpaired) electrons. The van der Waals surface area contributed by atoms with Gasteiger partial charge in [0, 0.05) is 6.20 Å². The van der Waals surface area contributed by atoms with Crippen molar-refractivity contribution in [3.05, 3.63) is 36.5 Å². The molecule has 5 nitrogen and oxygen atoms in total. The van der Waals surface area contributed by atoms with Gasteiger partial charge in [-0.3, -0.25) is 4.79 Å². The molecule has 0 aliphatic carbocycles. The molecule has 0 aliphatic rings. The maximum atomic E-state index is 11.6. The number of carbonyl (C=O) groups excluding carboxylic acids is 1. The summed E-state index contributed by atoms with van der Waals surface area (Å²) in [6, 6.07) is 5.47. The second kappa shape index (κ2) is 4.69. The number of carbonyl (C=O) groups is 1. The molecule has 0 aliphatic heterocycles. The fourth-order valence-electron chi connectivity index (χ4n) is 1.15. The van der Waals surface area contributed by atoms with Crippen LogP contribution < -0.4 is 0 Å². The maximum absolute atomic E-state index is 11.6. The van der Waals surface area contributed by atoms with Crippen molar-refractivity contribution in [2.24, 2.45) is 0 Å². The zero-order valence-corrected chi connectivity index (χ0v) is 10.7. The van der Waals surface area contributed by atoms with Crippen LogP contribution in [0.4, 0.5) is 0 Å². The first-order valence-electron chi connectivity index (χ1n) is 4.70. The van der Waals surface area contributed by atoms with Crippen LogP contribution in [-0.4, -0.2) is 29.5 Å². The Hall–Kier alpha value is -1.31. The standard InChI is InChI=1S/C10H9IN4O/c1-7(11)9(16)10-13-6-15(14-10)8-4-2-3-5-12-8/h2-7H,1H3. The molecular weight excluding hydrogens is 319 g/mol. The maximum Gasteiger partial charge on any atom is 0.218 e. The van der Waals surface area contributed by atoms with E-state index in [4.69, 9.17) is 0 Å². The predicted molar refractivity (Wildman–Crippen MR) is 67.0 cm³/mol. The van der Waals surface area contributed by atoms with Gasteiger partial charge in [0.2, 0.25) is 11.6 Å². The fourth-order valence-corrected chi connectivity index (χ4v) is 1.43. The van der Waals surface area contributed by atoms with Crippen LogP contribution in [0.15, 0.2) is 30.7 Å². The van der Waals surface area contributed by atoms with Gasteiger partial charge in [-0.05, 0) is 19.1 Å². The van der Waals surface area contributed by atoms with Crippen molar-refractivity contribution < 1.29 is 4.79 Å². The van der Waals surface area contributed by atoms with Crippen molar-refractivity contribution in [3.63, 3.8) is 0 Å². The molecule has 0 amide bonds. The van der Waals surface area contributed by atoms with Crippen LogP contribution in [0.1, 0.15) is 17.5 Å². The molecule has 2 rings (SSSR count). The largest absolute Gasteiger partial charge is 0.289 e. The summed E-state index contributed by atoms with van der Waals surface area (Å²) in [5.41, 5.74) is 0. The molecule has 0 saturated heterocycles. The van der Waals surface area contributed by atoms with Gasteiger partial charge in [0.25, 0.3) is 0 Å². The zero-order valence-electron chi connectivity index (χ0n) is 8.54. The zero-order chi connectivity index (χ0) is 11.5. The predicted octanol–water partition coefficient (Wildman–Crippen LogP) is 1.67. The lowest BCUT2D eigenvalue weighted by Gasteiger charge is -1.97. The lowest BCUT2D eigenvalue weighted by molar-refractivity contribution is 0.0989. The van der Waals surface area contributed by atoms with Gasteiger partial charge in [0.05, 0.1) is 3.92 Å². The summed E-state index contributed by atoms with van der Waals surface area (Å²) in [6.07, 6.45) is 3.16. The number of aromatic nitrogens is 4. The first-order valence-corrected chi connectivity index (χ1v) is 5.94. The summed E-state index contributed by atoms with van der Waals surface area (Å²) in [7, 11) is 0. The van der Waals surface area contributed by atoms with Crippen LogP contribution in [-0.2, 0) is 0 Å². The molecule has 16 heavy (non-hydrogen) atoms. The molecule has 1 unspecified atom stereocenters. The first-order chi connectivity index (χ1) is 7.68. The van der Waals surface area contributed by atoms with Crippen LogP contribution in [0, 0.1) is 0 Å². The molecule has 0 bridgehead atoms. The van der Waals surface area contributed by atoms with Crippen LogP contribution >= 0.6 is 22.6 Å². The summed E-state index contributed by atoms with van der Waals surface area (Å²) in [5.74, 6) is 0.804. The molecule has 0 saturated carbocycles. The molecule has 1 atom stereocenters. The Morgan fingerprint density at radius 2 is 2.25 bits per heavy atom. The Labute approximate surface area is 106 Å². The van der Waals surface area contributed by atoms with Crippen molar-refractivity contribution in [1.29, 1.82) is 0 Å². The average molecular weight is 328 g/mol. The van der Waals surface area contributed by atoms with Crippen molar-refractivity contribution in [2.75, 3.05) is 0 Å². The highest BCUT2D eigenvalue weighted by atomic mass is 127. The summed E-state index contributed by atoms with van der Waals surface area (Å²) < 4.78 is 1.36. The second-order valence-electron chi connectivity index (χ2n) is 3.18. The van der Waals surface area contributed by atoms with Crippen LogP contribution in [0.25, 0.3) is 5.82 Å². The molecule has 2 heterocycles. The number of rotatable bonds is 3. The van der Waals surface area contributed by atoms with Crippen LogP contribution in [0.3, 0.4) is 0 Å². The Balaban J connectivity index is 2.30. The third kappa shape index (κ3) is 2.26. The Morgan fingerprint density at radius 3 is 2.88 bits per heavy atom. The van der Waals surface area contributed by atoms with E-state index in [1.165, 1.54) is 11.0 Å². The number of alkyl halides is 1. The minimum absolute atomic E-state index is 0.0738. The van der Waals surface area contributed by atoms with E-state index in [1.54, 1.807) is 12.3 Å². The normalized spacial score (nSPS) is 12.4. The van der Waals surface area contributed by atoms with Crippen LogP contribution in [0.2, 0.25) is 0 Å². The molecule has 2 aromatic heterocycles. The third-order valence-corrected chi connectivity index (χ3v) is 2.52. The SMILES string of the molecule is CC(I)C(=O)c1ncn(-c2ccccn2)n1. The summed E-state index contributed by atoms with van der Waals surface area (Å²) in [4.78, 5) is 19.7. The van der Waals surface area contributed by atoms with Gasteiger partial charge in [0.15, 0.2) is 5.82 Å². The van der Waals surface area contributed by atoms with E-state index in [9.17, 15) is 4.79 Å². The van der Waals surface area contributed by atoms with Crippen molar-refractivity contribution >= 4 is 28.4 Å². The molecule has 0 N–H and O–H groups in total. The van der Waals surface area contributed by atoms with E-state index < -0.39 is 0 Å². The third-order valence-electron chi connectivity index (χ3n) is 1.96. The highest BCUT2D eigenvalue weighted by Crippen LogP contribution is 2.07. The molecular formula is C10H9IN4O. The van der Waals surface area contributed by atoms with E-state index >= 15 is 0 Å². The molecule has 0 spiro atoms. The van der Waals surface area contributed by atoms with Crippen molar-refractivity contribution in [1.82, 2.24) is 19.7 Å². The Morgan fingerprint density at radius 1 is 1.44 bits per heavy atom. The monoisotopic (exact) mass is 328 g/mol. The van der Waals surface area contributed by atoms with Crippen LogP contribution in [0.5, 0.6) is 0 Å². The van der Waals surface area contributed by atoms with E-state index in [0.717, 1.165) is 0 Å². The lowest BCUT2D eigenvalue weighted by atomic mass is 10.3. The van der Waals surface area contributed by atoms with Gasteiger partial charge in [-0.25, -0.2) is 14.6 Å². The van der Waals surface area contributed by atoms with Gasteiger partial charge < -0.3 is 0 Å². The minimum atomic E-state index is -0.128. The molecule has 2 aromatic rings. The van der Waals surface area contributed by atoms with Gasteiger partial charge in [0.1, 0.15) is 6.33 Å². The van der Waals surface area contributed by atoms with Gasteiger partial charge >= 0.3 is 0 Å². The molecule has 0 fully saturated rings. The highest BCUT2D eigenvalue weighted by molar-refractivity contribution is 14.1. The number of Topliss-reactive ketones (excluding diaryl/α,β-unsaturated/α-hetero) is 1. The first kappa shape index (κ1) is 11.2. The number of nitrogens with zero attached hydrogens (tertiary/aromatic N) is 4. The van der Waals surface area contributed by atoms with Crippen molar-refractivity contribution in [3.8, 4) is 5.82 Å². The van der Waals surface area contributed by atoms with E-state index in [-0.39, 0.29) is 15.5 Å². The Bertz CT molecular complexity index is 495. The quantitative estimate of drug-likeness (QED) is 0.489. The minimum Gasteiger partial charge on any atom is -0.289 e. The van der Waals surface area contributed by atoms with E-state index in [2.05, 4.69) is 15.1 Å². The fraction of sp³-hybridized carbons (Fsp3) is 0.200. The number of pyridine rings is 1. The lowest BCUT2D eigenvalue weighted by Crippen LogP contribution is -2.12. The molecule has 82 valence electrons. The summed E-state index contributed by atoms with van der Waals surface area (Å²) >= 11 is 2.04. The van der Waals surface area contributed by atoms with E-state index in [0.29, 0.717) is 5.82 Å². The Kier molecular flexibility index (Phi) is 3.28. The molecule has 0 aromatic carbocycles. The number of hydrogen-bond donors (Lipinski definition) is 0. The van der Waals surface area contributed by atoms with Gasteiger partial charge in [-0.2, -0.15) is 0 Å². The average Bonchev–Trinajstić information content (AvgIpc) is 2.78. The topological polar surface area (TPSA) is 60.7 Å². The highest BCUT2D eigenvalue weighted by Gasteiger charge is 2.16. The summed E-state index contributed by atoms with van der Waals surface area (Å²) in [5, 5.41) is 4.09. The van der Waals surface area contributed by atoms with Gasteiger partial charge in [-0.1, -0.05) is 28.7 Å². The smallest absolute Gasteiger partial charge is 0.218 e. The van der Waals surface area contributed by atoms with Crippen molar-refractivity contribution in [2.45, 2.75) is 10.8 Å². The number of ketones is 1. The van der Waals surface area contributed by atoms with Gasteiger partial charge in [-0.15, -0.1) is 5.10 Å². The summed E-state index contributed by atoms with van der Waals surface area (Å²) in [6.45, 7) is 1.81. The number of hydrogen-bond acceptors (Lipinski definition) is 4. The second-order valence-corrected chi connectivity index (χ2v) is 5.05. The number of halogens is 1. The van der Waals surface area contributed by atoms with E-state index in [1.807, 2.05) is 41.6 Å².